The molecule has 5 rings (SSSR count). The number of aromatic amines is 1. The molecule has 1 aromatic heterocycles. The lowest BCUT2D eigenvalue weighted by Crippen LogP contribution is -2.10. The van der Waals surface area contributed by atoms with Crippen LogP contribution in [0.3, 0.4) is 0 Å². The molecule has 0 atom stereocenters. The summed E-state index contributed by atoms with van der Waals surface area (Å²) in [5.41, 5.74) is 5.26. The maximum Gasteiger partial charge on any atom is 0.270 e. The maximum absolute atomic E-state index is 13.0. The molecule has 174 valence electrons. The van der Waals surface area contributed by atoms with Crippen molar-refractivity contribution in [3.8, 4) is 11.3 Å². The number of hydrogen-bond acceptors (Lipinski definition) is 5. The number of carbonyl (C=O) groups excluding carboxylic acids is 1. The fraction of sp³-hybridized carbons (Fsp3) is 0.111. The summed E-state index contributed by atoms with van der Waals surface area (Å²) in [4.78, 5) is 31.8. The zero-order chi connectivity index (χ0) is 24.5. The Morgan fingerprint density at radius 2 is 1.77 bits per heavy atom. The van der Waals surface area contributed by atoms with Crippen LogP contribution in [0.1, 0.15) is 36.7 Å². The van der Waals surface area contributed by atoms with Gasteiger partial charge in [0.05, 0.1) is 21.9 Å². The number of benzene rings is 3. The van der Waals surface area contributed by atoms with E-state index < -0.39 is 4.92 Å². The fourth-order valence-electron chi connectivity index (χ4n) is 4.05. The summed E-state index contributed by atoms with van der Waals surface area (Å²) < 4.78 is 0. The lowest BCUT2D eigenvalue weighted by Gasteiger charge is -2.15. The molecular weight excluding hydrogens is 442 g/mol. The number of nitro benzene ring substituents is 1. The molecule has 0 saturated carbocycles. The standard InChI is InChI=1S/C27H23N5O3/c1-16(2)26-28-15-23(30-26)17-8-10-19(11-9-17)29-25(18-6-4-3-5-7-18)24-21-14-20(32(34)35)12-13-22(21)31-27(24)33/h3-16,29H,1-2H3,(H,28,30)(H,31,33)/b25-24-. The van der Waals surface area contributed by atoms with E-state index in [0.717, 1.165) is 28.3 Å². The molecule has 1 aliphatic heterocycles. The Balaban J connectivity index is 1.56. The summed E-state index contributed by atoms with van der Waals surface area (Å²) in [6.07, 6.45) is 1.89. The Morgan fingerprint density at radius 3 is 2.43 bits per heavy atom. The second kappa shape index (κ2) is 8.90. The van der Waals surface area contributed by atoms with Crippen molar-refractivity contribution in [1.82, 2.24) is 9.97 Å². The first-order valence-corrected chi connectivity index (χ1v) is 11.2. The van der Waals surface area contributed by atoms with Gasteiger partial charge in [0.15, 0.2) is 0 Å². The van der Waals surface area contributed by atoms with E-state index in [1.807, 2.05) is 60.8 Å². The monoisotopic (exact) mass is 465 g/mol. The summed E-state index contributed by atoms with van der Waals surface area (Å²) in [5.74, 6) is 0.917. The highest BCUT2D eigenvalue weighted by atomic mass is 16.6. The number of nitro groups is 1. The third kappa shape index (κ3) is 4.29. The zero-order valence-electron chi connectivity index (χ0n) is 19.2. The Morgan fingerprint density at radius 1 is 1.03 bits per heavy atom. The molecule has 1 amide bonds. The molecule has 0 fully saturated rings. The van der Waals surface area contributed by atoms with Crippen molar-refractivity contribution in [3.63, 3.8) is 0 Å². The minimum Gasteiger partial charge on any atom is -0.354 e. The maximum atomic E-state index is 13.0. The smallest absolute Gasteiger partial charge is 0.270 e. The molecule has 0 saturated heterocycles. The number of hydrogen-bond donors (Lipinski definition) is 3. The molecule has 35 heavy (non-hydrogen) atoms. The fourth-order valence-corrected chi connectivity index (χ4v) is 4.05. The number of aromatic nitrogens is 2. The number of H-pyrrole nitrogens is 1. The van der Waals surface area contributed by atoms with E-state index in [0.29, 0.717) is 28.4 Å². The molecule has 0 aliphatic carbocycles. The number of imidazole rings is 1. The van der Waals surface area contributed by atoms with Crippen LogP contribution in [0, 0.1) is 10.1 Å². The van der Waals surface area contributed by atoms with Gasteiger partial charge in [0.2, 0.25) is 0 Å². The van der Waals surface area contributed by atoms with Crippen LogP contribution in [0.2, 0.25) is 0 Å². The van der Waals surface area contributed by atoms with Gasteiger partial charge in [0, 0.05) is 46.7 Å². The number of non-ortho nitro benzene ring substituents is 1. The summed E-state index contributed by atoms with van der Waals surface area (Å²) >= 11 is 0. The third-order valence-electron chi connectivity index (χ3n) is 5.87. The number of rotatable bonds is 6. The van der Waals surface area contributed by atoms with Crippen LogP contribution in [-0.4, -0.2) is 20.8 Å². The van der Waals surface area contributed by atoms with E-state index in [4.69, 9.17) is 0 Å². The first-order valence-electron chi connectivity index (χ1n) is 11.2. The molecule has 2 heterocycles. The largest absolute Gasteiger partial charge is 0.354 e. The molecule has 0 spiro atoms. The van der Waals surface area contributed by atoms with Crippen LogP contribution in [0.5, 0.6) is 0 Å². The Hall–Kier alpha value is -4.72. The van der Waals surface area contributed by atoms with E-state index in [9.17, 15) is 14.9 Å². The first-order chi connectivity index (χ1) is 16.9. The summed E-state index contributed by atoms with van der Waals surface area (Å²) in [6, 6.07) is 21.6. The van der Waals surface area contributed by atoms with Gasteiger partial charge in [-0.3, -0.25) is 14.9 Å². The number of fused-ring (bicyclic) bond motifs is 1. The van der Waals surface area contributed by atoms with Crippen molar-refractivity contribution < 1.29 is 9.72 Å². The second-order valence-corrected chi connectivity index (χ2v) is 8.59. The highest BCUT2D eigenvalue weighted by molar-refractivity contribution is 6.37. The number of carbonyl (C=O) groups is 1. The van der Waals surface area contributed by atoms with E-state index in [-0.39, 0.29) is 11.6 Å². The normalized spacial score (nSPS) is 14.0. The highest BCUT2D eigenvalue weighted by Crippen LogP contribution is 2.39. The number of nitrogens with one attached hydrogen (secondary N) is 3. The molecule has 4 aromatic rings. The van der Waals surface area contributed by atoms with Crippen LogP contribution < -0.4 is 10.6 Å². The van der Waals surface area contributed by atoms with Crippen molar-refractivity contribution in [2.24, 2.45) is 0 Å². The van der Waals surface area contributed by atoms with Gasteiger partial charge < -0.3 is 15.6 Å². The minimum absolute atomic E-state index is 0.0747. The molecule has 0 bridgehead atoms. The van der Waals surface area contributed by atoms with Gasteiger partial charge in [-0.15, -0.1) is 0 Å². The van der Waals surface area contributed by atoms with Crippen LogP contribution in [-0.2, 0) is 4.79 Å². The highest BCUT2D eigenvalue weighted by Gasteiger charge is 2.30. The van der Waals surface area contributed by atoms with E-state index in [1.54, 1.807) is 6.07 Å². The van der Waals surface area contributed by atoms with Crippen LogP contribution in [0.25, 0.3) is 22.5 Å². The lowest BCUT2D eigenvalue weighted by atomic mass is 9.99. The molecule has 0 unspecified atom stereocenters. The summed E-state index contributed by atoms with van der Waals surface area (Å²) in [6.45, 7) is 4.17. The topological polar surface area (TPSA) is 113 Å². The lowest BCUT2D eigenvalue weighted by molar-refractivity contribution is -0.384. The second-order valence-electron chi connectivity index (χ2n) is 8.59. The quantitative estimate of drug-likeness (QED) is 0.182. The SMILES string of the molecule is CC(C)c1nc(-c2ccc(N/C(=C3\C(=O)Nc4ccc([N+](=O)[O-])cc43)c3ccccc3)cc2)c[nH]1. The van der Waals surface area contributed by atoms with Gasteiger partial charge in [0.1, 0.15) is 5.82 Å². The van der Waals surface area contributed by atoms with E-state index in [2.05, 4.69) is 34.4 Å². The van der Waals surface area contributed by atoms with Gasteiger partial charge >= 0.3 is 0 Å². The predicted octanol–water partition coefficient (Wildman–Crippen LogP) is 6.04. The van der Waals surface area contributed by atoms with Gasteiger partial charge in [-0.1, -0.05) is 56.3 Å². The van der Waals surface area contributed by atoms with Gasteiger partial charge in [-0.05, 0) is 23.8 Å². The van der Waals surface area contributed by atoms with Crippen LogP contribution in [0.15, 0.2) is 79.0 Å². The molecule has 3 aromatic carbocycles. The number of nitrogens with zero attached hydrogens (tertiary/aromatic N) is 2. The Kier molecular flexibility index (Phi) is 5.62. The van der Waals surface area contributed by atoms with Gasteiger partial charge in [0.25, 0.3) is 11.6 Å². The van der Waals surface area contributed by atoms with Gasteiger partial charge in [-0.25, -0.2) is 4.98 Å². The van der Waals surface area contributed by atoms with Crippen molar-refractivity contribution in [2.75, 3.05) is 10.6 Å². The Labute approximate surface area is 201 Å². The van der Waals surface area contributed by atoms with Crippen molar-refractivity contribution in [2.45, 2.75) is 19.8 Å². The van der Waals surface area contributed by atoms with E-state index in [1.165, 1.54) is 12.1 Å². The number of amides is 1. The molecule has 0 radical (unpaired) electrons. The molecule has 8 heteroatoms. The number of anilines is 2. The average Bonchev–Trinajstić information content (AvgIpc) is 3.48. The van der Waals surface area contributed by atoms with Crippen molar-refractivity contribution in [3.05, 3.63) is 106 Å². The molecule has 8 nitrogen and oxygen atoms in total. The van der Waals surface area contributed by atoms with Crippen LogP contribution >= 0.6 is 0 Å². The van der Waals surface area contributed by atoms with Crippen LogP contribution in [0.4, 0.5) is 17.1 Å². The average molecular weight is 466 g/mol. The van der Waals surface area contributed by atoms with Crippen molar-refractivity contribution >= 4 is 34.2 Å². The molecular formula is C27H23N5O3. The Bertz CT molecular complexity index is 1450. The third-order valence-corrected chi connectivity index (χ3v) is 5.87. The summed E-state index contributed by atoms with van der Waals surface area (Å²) in [5, 5.41) is 17.6. The molecule has 3 N–H and O–H groups in total. The van der Waals surface area contributed by atoms with Crippen molar-refractivity contribution in [1.29, 1.82) is 0 Å². The van der Waals surface area contributed by atoms with Gasteiger partial charge in [-0.2, -0.15) is 0 Å². The minimum atomic E-state index is -0.464. The first kappa shape index (κ1) is 22.1. The molecule has 1 aliphatic rings. The zero-order valence-corrected chi connectivity index (χ0v) is 19.2. The predicted molar refractivity (Wildman–Crippen MR) is 137 cm³/mol. The van der Waals surface area contributed by atoms with E-state index >= 15 is 0 Å². The summed E-state index contributed by atoms with van der Waals surface area (Å²) in [7, 11) is 0.